The normalized spacial score (nSPS) is 11.1. The molecular formula is C9H8BrIN2. The first-order chi connectivity index (χ1) is 6.09. The fourth-order valence-electron chi connectivity index (χ4n) is 1.34. The quantitative estimate of drug-likeness (QED) is 0.667. The van der Waals surface area contributed by atoms with Crippen molar-refractivity contribution in [2.45, 2.75) is 6.92 Å². The van der Waals surface area contributed by atoms with Crippen molar-refractivity contribution in [1.82, 2.24) is 9.78 Å². The molecule has 1 aromatic heterocycles. The lowest BCUT2D eigenvalue weighted by Gasteiger charge is -1.98. The summed E-state index contributed by atoms with van der Waals surface area (Å²) in [6.07, 6.45) is 0. The number of fused-ring (bicyclic) bond motifs is 1. The van der Waals surface area contributed by atoms with E-state index in [0.717, 1.165) is 8.17 Å². The lowest BCUT2D eigenvalue weighted by molar-refractivity contribution is 0.787. The molecule has 1 heterocycles. The van der Waals surface area contributed by atoms with Crippen LogP contribution in [0.3, 0.4) is 0 Å². The summed E-state index contributed by atoms with van der Waals surface area (Å²) < 4.78 is 4.10. The predicted molar refractivity (Wildman–Crippen MR) is 65.9 cm³/mol. The molecule has 4 heteroatoms. The minimum absolute atomic E-state index is 1.06. The minimum atomic E-state index is 1.06. The highest BCUT2D eigenvalue weighted by Gasteiger charge is 2.07. The molecule has 0 fully saturated rings. The average molecular weight is 351 g/mol. The van der Waals surface area contributed by atoms with Gasteiger partial charge in [-0.2, -0.15) is 5.10 Å². The Balaban J connectivity index is 2.91. The largest absolute Gasteiger partial charge is 0.267 e. The molecule has 1 aromatic carbocycles. The maximum atomic E-state index is 4.35. The summed E-state index contributed by atoms with van der Waals surface area (Å²) in [5.74, 6) is 0. The highest BCUT2D eigenvalue weighted by molar-refractivity contribution is 14.1. The number of hydrogen-bond acceptors (Lipinski definition) is 1. The molecule has 2 nitrogen and oxygen atoms in total. The second-order valence-electron chi connectivity index (χ2n) is 3.03. The van der Waals surface area contributed by atoms with Gasteiger partial charge in [0.1, 0.15) is 3.70 Å². The van der Waals surface area contributed by atoms with Gasteiger partial charge in [-0.05, 0) is 47.2 Å². The maximum Gasteiger partial charge on any atom is 0.131 e. The first-order valence-corrected chi connectivity index (χ1v) is 5.75. The van der Waals surface area contributed by atoms with Crippen molar-refractivity contribution in [3.63, 3.8) is 0 Å². The van der Waals surface area contributed by atoms with Gasteiger partial charge in [-0.1, -0.05) is 15.9 Å². The van der Waals surface area contributed by atoms with Crippen LogP contribution in [0.1, 0.15) is 5.56 Å². The second-order valence-corrected chi connectivity index (χ2v) is 4.91. The lowest BCUT2D eigenvalue weighted by atomic mass is 10.2. The third-order valence-electron chi connectivity index (χ3n) is 2.09. The summed E-state index contributed by atoms with van der Waals surface area (Å²) >= 11 is 5.78. The number of benzene rings is 1. The van der Waals surface area contributed by atoms with Crippen molar-refractivity contribution in [2.24, 2.45) is 7.05 Å². The molecule has 0 aliphatic heterocycles. The van der Waals surface area contributed by atoms with Gasteiger partial charge in [0, 0.05) is 16.9 Å². The van der Waals surface area contributed by atoms with Crippen molar-refractivity contribution in [2.75, 3.05) is 0 Å². The monoisotopic (exact) mass is 350 g/mol. The molecule has 0 saturated heterocycles. The third kappa shape index (κ3) is 1.50. The summed E-state index contributed by atoms with van der Waals surface area (Å²) in [6.45, 7) is 2.09. The molecule has 0 saturated carbocycles. The van der Waals surface area contributed by atoms with Crippen molar-refractivity contribution >= 4 is 49.4 Å². The van der Waals surface area contributed by atoms with Gasteiger partial charge in [0.2, 0.25) is 0 Å². The number of aryl methyl sites for hydroxylation is 2. The molecule has 13 heavy (non-hydrogen) atoms. The number of rotatable bonds is 0. The summed E-state index contributed by atoms with van der Waals surface area (Å²) in [7, 11) is 1.96. The Morgan fingerprint density at radius 3 is 2.85 bits per heavy atom. The number of halogens is 2. The Labute approximate surface area is 98.6 Å². The molecule has 2 rings (SSSR count). The third-order valence-corrected chi connectivity index (χ3v) is 3.74. The second kappa shape index (κ2) is 3.24. The van der Waals surface area contributed by atoms with Crippen molar-refractivity contribution < 1.29 is 0 Å². The summed E-state index contributed by atoms with van der Waals surface area (Å²) in [5.41, 5.74) is 2.42. The van der Waals surface area contributed by atoms with E-state index in [1.54, 1.807) is 0 Å². The van der Waals surface area contributed by atoms with Crippen LogP contribution in [0, 0.1) is 10.6 Å². The Bertz CT molecular complexity index is 434. The van der Waals surface area contributed by atoms with Crippen LogP contribution in [0.25, 0.3) is 10.9 Å². The molecule has 0 radical (unpaired) electrons. The first kappa shape index (κ1) is 9.45. The van der Waals surface area contributed by atoms with Crippen LogP contribution in [-0.2, 0) is 7.05 Å². The molecule has 68 valence electrons. The summed E-state index contributed by atoms with van der Waals surface area (Å²) in [6, 6.07) is 4.27. The summed E-state index contributed by atoms with van der Waals surface area (Å²) in [5, 5.41) is 5.58. The Kier molecular flexibility index (Phi) is 2.35. The van der Waals surface area contributed by atoms with Crippen LogP contribution in [0.15, 0.2) is 16.6 Å². The Morgan fingerprint density at radius 1 is 1.46 bits per heavy atom. The maximum absolute atomic E-state index is 4.35. The zero-order valence-electron chi connectivity index (χ0n) is 7.31. The lowest BCUT2D eigenvalue weighted by Crippen LogP contribution is -1.89. The van der Waals surface area contributed by atoms with E-state index in [0.29, 0.717) is 0 Å². The number of hydrogen-bond donors (Lipinski definition) is 0. The molecule has 0 spiro atoms. The van der Waals surface area contributed by atoms with Crippen LogP contribution in [-0.4, -0.2) is 9.78 Å². The Morgan fingerprint density at radius 2 is 2.15 bits per heavy atom. The minimum Gasteiger partial charge on any atom is -0.267 e. The van der Waals surface area contributed by atoms with E-state index < -0.39 is 0 Å². The van der Waals surface area contributed by atoms with E-state index in [-0.39, 0.29) is 0 Å². The van der Waals surface area contributed by atoms with Gasteiger partial charge in [0.25, 0.3) is 0 Å². The van der Waals surface area contributed by atoms with E-state index in [1.165, 1.54) is 16.5 Å². The van der Waals surface area contributed by atoms with Crippen molar-refractivity contribution in [3.8, 4) is 0 Å². The van der Waals surface area contributed by atoms with Crippen LogP contribution in [0.4, 0.5) is 0 Å². The van der Waals surface area contributed by atoms with Crippen LogP contribution < -0.4 is 0 Å². The highest BCUT2D eigenvalue weighted by atomic mass is 127. The number of aromatic nitrogens is 2. The van der Waals surface area contributed by atoms with Gasteiger partial charge in [-0.25, -0.2) is 0 Å². The molecular weight excluding hydrogens is 343 g/mol. The average Bonchev–Trinajstić information content (AvgIpc) is 2.31. The van der Waals surface area contributed by atoms with Crippen LogP contribution >= 0.6 is 38.5 Å². The van der Waals surface area contributed by atoms with E-state index >= 15 is 0 Å². The fourth-order valence-corrected chi connectivity index (χ4v) is 2.43. The van der Waals surface area contributed by atoms with Crippen molar-refractivity contribution in [3.05, 3.63) is 25.9 Å². The molecule has 0 N–H and O–H groups in total. The zero-order chi connectivity index (χ0) is 9.59. The van der Waals surface area contributed by atoms with Gasteiger partial charge in [-0.15, -0.1) is 0 Å². The molecule has 2 aromatic rings. The predicted octanol–water partition coefficient (Wildman–Crippen LogP) is 3.25. The highest BCUT2D eigenvalue weighted by Crippen LogP contribution is 2.26. The van der Waals surface area contributed by atoms with Crippen LogP contribution in [0.2, 0.25) is 0 Å². The number of nitrogens with zero attached hydrogens (tertiary/aromatic N) is 2. The molecule has 0 amide bonds. The van der Waals surface area contributed by atoms with E-state index in [4.69, 9.17) is 0 Å². The topological polar surface area (TPSA) is 17.8 Å². The molecule has 0 aliphatic carbocycles. The molecule has 0 aliphatic rings. The molecule has 0 atom stereocenters. The zero-order valence-corrected chi connectivity index (χ0v) is 11.0. The standard InChI is InChI=1S/C9H8BrIN2/c1-5-3-6-8(4-7(5)10)13(2)12-9(6)11/h3-4H,1-2H3. The summed E-state index contributed by atoms with van der Waals surface area (Å²) in [4.78, 5) is 0. The van der Waals surface area contributed by atoms with Gasteiger partial charge in [0.15, 0.2) is 0 Å². The van der Waals surface area contributed by atoms with Gasteiger partial charge >= 0.3 is 0 Å². The van der Waals surface area contributed by atoms with Gasteiger partial charge in [0.05, 0.1) is 5.52 Å². The van der Waals surface area contributed by atoms with Gasteiger partial charge < -0.3 is 0 Å². The molecule has 0 unspecified atom stereocenters. The van der Waals surface area contributed by atoms with Crippen molar-refractivity contribution in [1.29, 1.82) is 0 Å². The van der Waals surface area contributed by atoms with E-state index in [2.05, 4.69) is 62.7 Å². The SMILES string of the molecule is Cc1cc2c(I)nn(C)c2cc1Br. The van der Waals surface area contributed by atoms with Gasteiger partial charge in [-0.3, -0.25) is 4.68 Å². The van der Waals surface area contributed by atoms with Crippen LogP contribution in [0.5, 0.6) is 0 Å². The van der Waals surface area contributed by atoms with E-state index in [1.807, 2.05) is 11.7 Å². The van der Waals surface area contributed by atoms with E-state index in [9.17, 15) is 0 Å². The smallest absolute Gasteiger partial charge is 0.131 e. The molecule has 0 bridgehead atoms. The first-order valence-electron chi connectivity index (χ1n) is 3.88. The Hall–Kier alpha value is -0.100. The fraction of sp³-hybridized carbons (Fsp3) is 0.222.